The molecular formula is C60H70N8+4. The lowest BCUT2D eigenvalue weighted by Crippen LogP contribution is -2.34. The van der Waals surface area contributed by atoms with Gasteiger partial charge in [0.05, 0.1) is 107 Å². The Morgan fingerprint density at radius 1 is 0.279 bits per heavy atom. The van der Waals surface area contributed by atoms with E-state index in [0.29, 0.717) is 6.42 Å². The quantitative estimate of drug-likeness (QED) is 0.120. The van der Waals surface area contributed by atoms with Gasteiger partial charge in [0.25, 0.3) is 0 Å². The van der Waals surface area contributed by atoms with Crippen LogP contribution in [0.5, 0.6) is 0 Å². The van der Waals surface area contributed by atoms with Gasteiger partial charge in [-0.3, -0.25) is 17.9 Å². The second kappa shape index (κ2) is 17.8. The topological polar surface area (TPSA) is 57.4 Å². The third kappa shape index (κ3) is 10.1. The Balaban J connectivity index is 1.30. The van der Waals surface area contributed by atoms with E-state index >= 15 is 0 Å². The van der Waals surface area contributed by atoms with E-state index in [0.717, 1.165) is 98.7 Å². The van der Waals surface area contributed by atoms with Crippen molar-refractivity contribution in [3.8, 4) is 0 Å². The van der Waals surface area contributed by atoms with Gasteiger partial charge in [-0.05, 0) is 119 Å². The number of aromatic amines is 2. The molecule has 0 spiro atoms. The van der Waals surface area contributed by atoms with E-state index < -0.39 is 0 Å². The fourth-order valence-corrected chi connectivity index (χ4v) is 9.25. The van der Waals surface area contributed by atoms with Crippen molar-refractivity contribution in [3.63, 3.8) is 0 Å². The second-order valence-corrected chi connectivity index (χ2v) is 22.3. The molecule has 4 aromatic carbocycles. The lowest BCUT2D eigenvalue weighted by atomic mass is 10.0. The zero-order valence-corrected chi connectivity index (χ0v) is 42.4. The van der Waals surface area contributed by atoms with Gasteiger partial charge in [-0.1, -0.05) is 48.5 Å². The number of benzene rings is 4. The number of quaternary nitrogens is 4. The van der Waals surface area contributed by atoms with Crippen molar-refractivity contribution in [1.82, 2.24) is 37.9 Å². The fraction of sp³-hybridized carbons (Fsp3) is 0.267. The smallest absolute Gasteiger partial charge is 0.132 e. The average molecular weight is 903 g/mol. The first-order valence-electron chi connectivity index (χ1n) is 23.9. The lowest BCUT2D eigenvalue weighted by molar-refractivity contribution is 0.486. The predicted octanol–water partition coefficient (Wildman–Crippen LogP) is 11.8. The van der Waals surface area contributed by atoms with Crippen LogP contribution in [0.1, 0.15) is 67.3 Å². The Bertz CT molecular complexity index is 3050. The molecule has 0 saturated carbocycles. The van der Waals surface area contributed by atoms with E-state index in [4.69, 9.17) is 9.97 Å². The zero-order valence-electron chi connectivity index (χ0n) is 42.4. The number of fused-ring (bicyclic) bond motifs is 8. The first-order chi connectivity index (χ1) is 32.2. The Labute approximate surface area is 404 Å². The van der Waals surface area contributed by atoms with E-state index in [-0.39, 0.29) is 0 Å². The molecule has 5 heterocycles. The minimum absolute atomic E-state index is 0.696. The van der Waals surface area contributed by atoms with Crippen LogP contribution in [0.3, 0.4) is 0 Å². The zero-order chi connectivity index (χ0) is 48.2. The minimum atomic E-state index is 0.696. The van der Waals surface area contributed by atoms with Crippen LogP contribution in [0, 0.1) is 0 Å². The van der Waals surface area contributed by atoms with Gasteiger partial charge in [0, 0.05) is 70.0 Å². The number of nitrogens with one attached hydrogen (secondary N) is 2. The highest BCUT2D eigenvalue weighted by atomic mass is 15.3. The lowest BCUT2D eigenvalue weighted by Gasteiger charge is -2.23. The molecule has 8 nitrogen and oxygen atoms in total. The number of aromatic nitrogens is 4. The highest BCUT2D eigenvalue weighted by molar-refractivity contribution is 5.84. The third-order valence-corrected chi connectivity index (χ3v) is 13.6. The Morgan fingerprint density at radius 2 is 0.500 bits per heavy atom. The summed E-state index contributed by atoms with van der Waals surface area (Å²) in [7, 11) is 26.5. The molecular weight excluding hydrogens is 833 g/mol. The summed E-state index contributed by atoms with van der Waals surface area (Å²) < 4.78 is 3.05. The van der Waals surface area contributed by atoms with Crippen LogP contribution >= 0.6 is 0 Å². The molecule has 7 aromatic rings. The van der Waals surface area contributed by atoms with Gasteiger partial charge in [-0.15, -0.1) is 0 Å². The van der Waals surface area contributed by atoms with Crippen LogP contribution < -0.4 is 17.9 Å². The van der Waals surface area contributed by atoms with Crippen LogP contribution in [0.25, 0.3) is 46.4 Å². The molecule has 3 aromatic heterocycles. The molecule has 0 atom stereocenters. The van der Waals surface area contributed by atoms with E-state index in [2.05, 4.69) is 240 Å². The maximum Gasteiger partial charge on any atom is 0.132 e. The molecule has 8 heteroatoms. The van der Waals surface area contributed by atoms with Gasteiger partial charge in [0.1, 0.15) is 22.7 Å². The standard InChI is InChI=1S/C60H70N8/c1-65(2,3)45-21-13-41(14-22-45)37-49-53-29-31-55(61-53)50(38-42-15-23-46(24-16-42)66(4,5)6)57-33-35-59(63-57)52(40-44-19-27-48(28-20-44)68(10,11)12)60-36-34-58(64-60)51(56-32-30-54(49)62-56)39-43-17-25-47(26-18-43)67(7,8)9/h13-36,61-62H,37-40H2,1-12H3/q+4. The molecule has 0 fully saturated rings. The third-order valence-electron chi connectivity index (χ3n) is 13.6. The highest BCUT2D eigenvalue weighted by Crippen LogP contribution is 2.33. The van der Waals surface area contributed by atoms with Crippen LogP contribution in [0.4, 0.5) is 22.7 Å². The summed E-state index contributed by atoms with van der Waals surface area (Å²) in [5.41, 5.74) is 22.7. The average Bonchev–Trinajstić information content (AvgIpc) is 4.14. The Morgan fingerprint density at radius 3 is 0.765 bits per heavy atom. The van der Waals surface area contributed by atoms with Crippen molar-refractivity contribution < 1.29 is 0 Å². The summed E-state index contributed by atoms with van der Waals surface area (Å²) >= 11 is 0. The first kappa shape index (κ1) is 46.4. The van der Waals surface area contributed by atoms with Crippen LogP contribution in [-0.2, 0) is 25.7 Å². The molecule has 0 aliphatic carbocycles. The van der Waals surface area contributed by atoms with E-state index in [1.54, 1.807) is 0 Å². The molecule has 8 bridgehead atoms. The van der Waals surface area contributed by atoms with Gasteiger partial charge in [-0.25, -0.2) is 9.97 Å². The maximum atomic E-state index is 5.55. The van der Waals surface area contributed by atoms with Crippen LogP contribution in [-0.4, -0.2) is 105 Å². The molecule has 2 N–H and O–H groups in total. The van der Waals surface area contributed by atoms with Gasteiger partial charge in [-0.2, -0.15) is 0 Å². The monoisotopic (exact) mass is 903 g/mol. The molecule has 9 rings (SSSR count). The molecule has 2 aliphatic rings. The number of nitrogens with zero attached hydrogens (tertiary/aromatic N) is 6. The molecule has 0 amide bonds. The van der Waals surface area contributed by atoms with Crippen molar-refractivity contribution in [1.29, 1.82) is 0 Å². The van der Waals surface area contributed by atoms with Crippen molar-refractivity contribution in [2.24, 2.45) is 0 Å². The van der Waals surface area contributed by atoms with Crippen molar-refractivity contribution >= 4 is 69.1 Å². The molecule has 2 aliphatic heterocycles. The summed E-state index contributed by atoms with van der Waals surface area (Å²) in [5, 5.41) is 0. The Hall–Kier alpha value is -6.68. The van der Waals surface area contributed by atoms with Gasteiger partial charge in [0.2, 0.25) is 0 Å². The van der Waals surface area contributed by atoms with Crippen molar-refractivity contribution in [3.05, 3.63) is 189 Å². The summed E-state index contributed by atoms with van der Waals surface area (Å²) in [4.78, 5) is 19.1. The maximum absolute atomic E-state index is 5.55. The Kier molecular flexibility index (Phi) is 12.1. The van der Waals surface area contributed by atoms with Gasteiger partial charge < -0.3 is 9.97 Å². The first-order valence-corrected chi connectivity index (χ1v) is 23.9. The molecule has 0 unspecified atom stereocenters. The van der Waals surface area contributed by atoms with E-state index in [9.17, 15) is 0 Å². The summed E-state index contributed by atoms with van der Waals surface area (Å²) in [6, 6.07) is 45.3. The number of rotatable bonds is 12. The largest absolute Gasteiger partial charge is 0.355 e. The summed E-state index contributed by atoms with van der Waals surface area (Å²) in [5.74, 6) is 0. The predicted molar refractivity (Wildman–Crippen MR) is 294 cm³/mol. The number of H-pyrrole nitrogens is 2. The summed E-state index contributed by atoms with van der Waals surface area (Å²) in [6.45, 7) is 0. The van der Waals surface area contributed by atoms with E-state index in [1.807, 2.05) is 0 Å². The molecule has 0 radical (unpaired) electrons. The molecule has 68 heavy (non-hydrogen) atoms. The molecule has 346 valence electrons. The number of hydrogen-bond acceptors (Lipinski definition) is 2. The van der Waals surface area contributed by atoms with Gasteiger partial charge in [0.15, 0.2) is 0 Å². The van der Waals surface area contributed by atoms with Crippen molar-refractivity contribution in [2.45, 2.75) is 25.7 Å². The SMILES string of the molecule is C[N+](C)(C)c1ccc(Cc2c3nc(c(Cc4ccc([N+](C)(C)C)cc4)c4ccc([nH]4)c(Cc4ccc([N+](C)(C)C)cc4)c4ccc([nH]4)c(Cc4ccc([N+](C)(C)C)cc4)c4nc2C=C4)C=C3)cc1. The minimum Gasteiger partial charge on any atom is -0.355 e. The van der Waals surface area contributed by atoms with Crippen molar-refractivity contribution in [2.75, 3.05) is 84.6 Å². The number of hydrogen-bond donors (Lipinski definition) is 2. The summed E-state index contributed by atoms with van der Waals surface area (Å²) in [6.07, 6.45) is 11.7. The van der Waals surface area contributed by atoms with Gasteiger partial charge >= 0.3 is 0 Å². The van der Waals surface area contributed by atoms with E-state index in [1.165, 1.54) is 50.6 Å². The molecule has 0 saturated heterocycles. The normalized spacial score (nSPS) is 13.1. The van der Waals surface area contributed by atoms with Crippen LogP contribution in [0.2, 0.25) is 0 Å². The van der Waals surface area contributed by atoms with Crippen LogP contribution in [0.15, 0.2) is 121 Å². The fourth-order valence-electron chi connectivity index (χ4n) is 9.25. The highest BCUT2D eigenvalue weighted by Gasteiger charge is 2.21. The second-order valence-electron chi connectivity index (χ2n) is 22.3.